The maximum atomic E-state index is 11.8. The summed E-state index contributed by atoms with van der Waals surface area (Å²) in [7, 11) is 1.55. The molecular weight excluding hydrogens is 304 g/mol. The minimum absolute atomic E-state index is 0.189. The molecule has 2 N–H and O–H groups in total. The fourth-order valence-corrected chi connectivity index (χ4v) is 1.96. The highest BCUT2D eigenvalue weighted by molar-refractivity contribution is 6.39. The van der Waals surface area contributed by atoms with Gasteiger partial charge < -0.3 is 15.4 Å². The quantitative estimate of drug-likeness (QED) is 0.852. The number of carbonyl (C=O) groups is 2. The van der Waals surface area contributed by atoms with E-state index in [1.165, 1.54) is 0 Å². The largest absolute Gasteiger partial charge is 0.497 e. The summed E-state index contributed by atoms with van der Waals surface area (Å²) >= 11 is 5.98. The number of halogens is 1. The predicted octanol–water partition coefficient (Wildman–Crippen LogP) is 2.60. The first kappa shape index (κ1) is 15.9. The van der Waals surface area contributed by atoms with Gasteiger partial charge in [-0.25, -0.2) is 0 Å². The number of amides is 2. The second-order valence-electron chi connectivity index (χ2n) is 4.46. The maximum Gasteiger partial charge on any atom is 0.313 e. The van der Waals surface area contributed by atoms with Crippen molar-refractivity contribution in [2.75, 3.05) is 12.4 Å². The van der Waals surface area contributed by atoms with Crippen molar-refractivity contribution in [3.63, 3.8) is 0 Å². The number of anilines is 1. The molecule has 0 saturated carbocycles. The molecule has 0 fully saturated rings. The van der Waals surface area contributed by atoms with Gasteiger partial charge in [0.1, 0.15) is 5.75 Å². The van der Waals surface area contributed by atoms with E-state index in [1.54, 1.807) is 49.6 Å². The Hall–Kier alpha value is -2.53. The summed E-state index contributed by atoms with van der Waals surface area (Å²) in [6, 6.07) is 13.8. The summed E-state index contributed by atoms with van der Waals surface area (Å²) in [4.78, 5) is 23.5. The average molecular weight is 319 g/mol. The number of rotatable bonds is 4. The highest BCUT2D eigenvalue weighted by atomic mass is 35.5. The molecule has 0 radical (unpaired) electrons. The van der Waals surface area contributed by atoms with E-state index in [-0.39, 0.29) is 6.54 Å². The van der Waals surface area contributed by atoms with Crippen LogP contribution in [0.25, 0.3) is 0 Å². The second-order valence-corrected chi connectivity index (χ2v) is 4.86. The molecule has 6 heteroatoms. The van der Waals surface area contributed by atoms with Gasteiger partial charge in [0.2, 0.25) is 0 Å². The van der Waals surface area contributed by atoms with E-state index < -0.39 is 11.8 Å². The van der Waals surface area contributed by atoms with Crippen LogP contribution in [-0.4, -0.2) is 18.9 Å². The third kappa shape index (κ3) is 4.23. The van der Waals surface area contributed by atoms with E-state index in [1.807, 2.05) is 6.07 Å². The van der Waals surface area contributed by atoms with Gasteiger partial charge in [0.15, 0.2) is 0 Å². The van der Waals surface area contributed by atoms with Crippen LogP contribution in [0.3, 0.4) is 0 Å². The van der Waals surface area contributed by atoms with Crippen molar-refractivity contribution in [3.8, 4) is 5.75 Å². The summed E-state index contributed by atoms with van der Waals surface area (Å²) in [5.74, 6) is -0.797. The van der Waals surface area contributed by atoms with Gasteiger partial charge in [-0.3, -0.25) is 9.59 Å². The molecule has 114 valence electrons. The van der Waals surface area contributed by atoms with E-state index in [4.69, 9.17) is 16.3 Å². The van der Waals surface area contributed by atoms with Gasteiger partial charge in [-0.15, -0.1) is 0 Å². The van der Waals surface area contributed by atoms with Gasteiger partial charge >= 0.3 is 11.8 Å². The molecule has 0 aliphatic heterocycles. The van der Waals surface area contributed by atoms with Crippen LogP contribution in [0.15, 0.2) is 48.5 Å². The Morgan fingerprint density at radius 2 is 1.73 bits per heavy atom. The van der Waals surface area contributed by atoms with E-state index in [0.29, 0.717) is 16.5 Å². The smallest absolute Gasteiger partial charge is 0.313 e. The summed E-state index contributed by atoms with van der Waals surface area (Å²) in [6.45, 7) is 0.189. The van der Waals surface area contributed by atoms with Gasteiger partial charge in [-0.1, -0.05) is 29.8 Å². The Bertz CT molecular complexity index is 671. The lowest BCUT2D eigenvalue weighted by Gasteiger charge is -2.08. The van der Waals surface area contributed by atoms with Gasteiger partial charge in [0.25, 0.3) is 0 Å². The van der Waals surface area contributed by atoms with Gasteiger partial charge in [0.05, 0.1) is 7.11 Å². The number of carbonyl (C=O) groups excluding carboxylic acids is 2. The molecule has 2 aromatic carbocycles. The number of hydrogen-bond donors (Lipinski definition) is 2. The number of benzene rings is 2. The van der Waals surface area contributed by atoms with Crippen molar-refractivity contribution >= 4 is 29.1 Å². The molecule has 0 saturated heterocycles. The first-order valence-corrected chi connectivity index (χ1v) is 6.94. The van der Waals surface area contributed by atoms with E-state index in [0.717, 1.165) is 5.56 Å². The highest BCUT2D eigenvalue weighted by Crippen LogP contribution is 2.15. The van der Waals surface area contributed by atoms with E-state index in [9.17, 15) is 9.59 Å². The number of ether oxygens (including phenoxy) is 1. The fraction of sp³-hybridized carbons (Fsp3) is 0.125. The lowest BCUT2D eigenvalue weighted by molar-refractivity contribution is -0.136. The zero-order valence-corrected chi connectivity index (χ0v) is 12.7. The zero-order valence-electron chi connectivity index (χ0n) is 11.9. The topological polar surface area (TPSA) is 67.4 Å². The molecule has 0 aliphatic carbocycles. The van der Waals surface area contributed by atoms with Crippen molar-refractivity contribution in [2.24, 2.45) is 0 Å². The third-order valence-corrected chi connectivity index (χ3v) is 3.32. The van der Waals surface area contributed by atoms with Gasteiger partial charge in [-0.2, -0.15) is 0 Å². The molecule has 5 nitrogen and oxygen atoms in total. The van der Waals surface area contributed by atoms with Crippen molar-refractivity contribution in [1.29, 1.82) is 0 Å². The number of methoxy groups -OCH3 is 1. The lowest BCUT2D eigenvalue weighted by atomic mass is 10.2. The molecule has 0 unspecified atom stereocenters. The molecule has 2 amide bonds. The predicted molar refractivity (Wildman–Crippen MR) is 84.9 cm³/mol. The van der Waals surface area contributed by atoms with Crippen LogP contribution in [0.2, 0.25) is 5.02 Å². The molecule has 2 rings (SSSR count). The Labute approximate surface area is 133 Å². The van der Waals surface area contributed by atoms with Crippen LogP contribution in [0, 0.1) is 0 Å². The Balaban J connectivity index is 1.89. The monoisotopic (exact) mass is 318 g/mol. The van der Waals surface area contributed by atoms with Crippen LogP contribution >= 0.6 is 11.6 Å². The highest BCUT2D eigenvalue weighted by Gasteiger charge is 2.13. The molecule has 2 aromatic rings. The SMILES string of the molecule is COc1ccc(NC(=O)C(=O)NCc2ccccc2Cl)cc1. The minimum atomic E-state index is -0.739. The Morgan fingerprint density at radius 1 is 1.05 bits per heavy atom. The Kier molecular flexibility index (Phi) is 5.38. The molecule has 0 atom stereocenters. The molecule has 0 heterocycles. The standard InChI is InChI=1S/C16H15ClN2O3/c1-22-13-8-6-12(7-9-13)19-16(21)15(20)18-10-11-4-2-3-5-14(11)17/h2-9H,10H2,1H3,(H,18,20)(H,19,21). The summed E-state index contributed by atoms with van der Waals surface area (Å²) in [5, 5.41) is 5.57. The van der Waals surface area contributed by atoms with E-state index >= 15 is 0 Å². The summed E-state index contributed by atoms with van der Waals surface area (Å²) in [6.07, 6.45) is 0. The first-order chi connectivity index (χ1) is 10.6. The minimum Gasteiger partial charge on any atom is -0.497 e. The Morgan fingerprint density at radius 3 is 2.36 bits per heavy atom. The summed E-state index contributed by atoms with van der Waals surface area (Å²) < 4.78 is 5.02. The number of hydrogen-bond acceptors (Lipinski definition) is 3. The number of nitrogens with one attached hydrogen (secondary N) is 2. The molecule has 0 aliphatic rings. The molecule has 0 aromatic heterocycles. The van der Waals surface area contributed by atoms with Crippen LogP contribution in [0.4, 0.5) is 5.69 Å². The van der Waals surface area contributed by atoms with Gasteiger partial charge in [0, 0.05) is 17.3 Å². The zero-order chi connectivity index (χ0) is 15.9. The van der Waals surface area contributed by atoms with Crippen LogP contribution < -0.4 is 15.4 Å². The average Bonchev–Trinajstić information content (AvgIpc) is 2.54. The van der Waals surface area contributed by atoms with Crippen LogP contribution in [0.1, 0.15) is 5.56 Å². The van der Waals surface area contributed by atoms with Crippen molar-refractivity contribution in [3.05, 3.63) is 59.1 Å². The molecule has 0 spiro atoms. The third-order valence-electron chi connectivity index (χ3n) is 2.95. The van der Waals surface area contributed by atoms with Crippen LogP contribution in [-0.2, 0) is 16.1 Å². The van der Waals surface area contributed by atoms with Crippen molar-refractivity contribution in [2.45, 2.75) is 6.54 Å². The first-order valence-electron chi connectivity index (χ1n) is 6.57. The lowest BCUT2D eigenvalue weighted by Crippen LogP contribution is -2.35. The molecule has 22 heavy (non-hydrogen) atoms. The van der Waals surface area contributed by atoms with E-state index in [2.05, 4.69) is 10.6 Å². The maximum absolute atomic E-state index is 11.8. The normalized spacial score (nSPS) is 9.91. The second kappa shape index (κ2) is 7.47. The fourth-order valence-electron chi connectivity index (χ4n) is 1.76. The van der Waals surface area contributed by atoms with Crippen LogP contribution in [0.5, 0.6) is 5.75 Å². The van der Waals surface area contributed by atoms with Crippen molar-refractivity contribution < 1.29 is 14.3 Å². The molecular formula is C16H15ClN2O3. The van der Waals surface area contributed by atoms with Gasteiger partial charge in [-0.05, 0) is 35.9 Å². The molecule has 0 bridgehead atoms. The van der Waals surface area contributed by atoms with Crippen molar-refractivity contribution in [1.82, 2.24) is 5.32 Å². The summed E-state index contributed by atoms with van der Waals surface area (Å²) in [5.41, 5.74) is 1.26.